The Hall–Kier alpha value is 0.118. The maximum Gasteiger partial charge on any atom is 0.0124 e. The molecular formula is C5H11N2OW-. The van der Waals surface area contributed by atoms with Gasteiger partial charge in [-0.25, -0.2) is 0 Å². The molecule has 0 aliphatic carbocycles. The first-order valence-electron chi connectivity index (χ1n) is 2.52. The molecule has 0 atom stereocenters. The van der Waals surface area contributed by atoms with Gasteiger partial charge in [-0.05, 0) is 20.6 Å². The zero-order valence-corrected chi connectivity index (χ0v) is 8.61. The fraction of sp³-hybridized carbons (Fsp3) is 0.800. The molecule has 0 spiro atoms. The van der Waals surface area contributed by atoms with Crippen LogP contribution in [0.2, 0.25) is 0 Å². The molecular weight excluding hydrogens is 288 g/mol. The molecule has 0 aliphatic rings. The maximum absolute atomic E-state index is 9.53. The van der Waals surface area contributed by atoms with Crippen molar-refractivity contribution in [3.05, 3.63) is 0 Å². The van der Waals surface area contributed by atoms with Gasteiger partial charge in [0.2, 0.25) is 0 Å². The summed E-state index contributed by atoms with van der Waals surface area (Å²) in [5, 5.41) is 2.43. The standard InChI is InChI=1S/C5H11N2O.W/c1-7(2)4-3-6-5-8;/h3-4H2,1-2H3,(H,6,8);/q-1;. The second-order valence-corrected chi connectivity index (χ2v) is 1.83. The van der Waals surface area contributed by atoms with Gasteiger partial charge < -0.3 is 15.0 Å². The molecule has 1 N–H and O–H groups in total. The van der Waals surface area contributed by atoms with Crippen molar-refractivity contribution in [2.75, 3.05) is 27.2 Å². The third kappa shape index (κ3) is 11.6. The van der Waals surface area contributed by atoms with Gasteiger partial charge in [0.05, 0.1) is 0 Å². The molecule has 0 aromatic carbocycles. The van der Waals surface area contributed by atoms with Crippen LogP contribution in [0, 0.1) is 0 Å². The Labute approximate surface area is 70.1 Å². The fourth-order valence-electron chi connectivity index (χ4n) is 0.331. The molecule has 54 valence electrons. The predicted octanol–water partition coefficient (Wildman–Crippen LogP) is -0.798. The minimum Gasteiger partial charge on any atom is -0.529 e. The summed E-state index contributed by atoms with van der Waals surface area (Å²) in [5.74, 6) is 0. The van der Waals surface area contributed by atoms with Gasteiger partial charge in [-0.2, -0.15) is 6.41 Å². The van der Waals surface area contributed by atoms with E-state index in [1.807, 2.05) is 19.0 Å². The maximum atomic E-state index is 9.53. The number of likely N-dealkylation sites (N-methyl/N-ethyl adjacent to an activating group) is 1. The van der Waals surface area contributed by atoms with Crippen LogP contribution in [-0.4, -0.2) is 38.5 Å². The molecule has 0 bridgehead atoms. The molecule has 0 rings (SSSR count). The summed E-state index contributed by atoms with van der Waals surface area (Å²) >= 11 is 0. The number of amides is 1. The van der Waals surface area contributed by atoms with E-state index in [0.29, 0.717) is 6.54 Å². The van der Waals surface area contributed by atoms with E-state index < -0.39 is 0 Å². The van der Waals surface area contributed by atoms with Gasteiger partial charge in [0, 0.05) is 27.6 Å². The Balaban J connectivity index is 0. The Morgan fingerprint density at radius 3 is 2.44 bits per heavy atom. The van der Waals surface area contributed by atoms with Gasteiger partial charge in [-0.15, -0.1) is 0 Å². The summed E-state index contributed by atoms with van der Waals surface area (Å²) in [6.07, 6.45) is 1.60. The van der Waals surface area contributed by atoms with E-state index in [1.54, 1.807) is 6.41 Å². The zero-order valence-electron chi connectivity index (χ0n) is 5.68. The average Bonchev–Trinajstić information content (AvgIpc) is 1.66. The van der Waals surface area contributed by atoms with Crippen LogP contribution in [0.3, 0.4) is 0 Å². The SMILES string of the molecule is CN(C)CCN[C-]=O.[W]. The smallest absolute Gasteiger partial charge is 0.0124 e. The van der Waals surface area contributed by atoms with Gasteiger partial charge >= 0.3 is 0 Å². The molecule has 4 heteroatoms. The molecule has 0 aromatic rings. The van der Waals surface area contributed by atoms with E-state index in [4.69, 9.17) is 0 Å². The molecule has 9 heavy (non-hydrogen) atoms. The quantitative estimate of drug-likeness (QED) is 0.419. The van der Waals surface area contributed by atoms with Crippen molar-refractivity contribution < 1.29 is 25.9 Å². The van der Waals surface area contributed by atoms with Gasteiger partial charge in [-0.1, -0.05) is 0 Å². The van der Waals surface area contributed by atoms with Crippen molar-refractivity contribution in [3.8, 4) is 0 Å². The first-order chi connectivity index (χ1) is 3.77. The van der Waals surface area contributed by atoms with Crippen LogP contribution in [0.5, 0.6) is 0 Å². The summed E-state index contributed by atoms with van der Waals surface area (Å²) in [4.78, 5) is 11.5. The van der Waals surface area contributed by atoms with Crippen LogP contribution in [0.4, 0.5) is 0 Å². The average molecular weight is 299 g/mol. The van der Waals surface area contributed by atoms with E-state index in [1.165, 1.54) is 0 Å². The van der Waals surface area contributed by atoms with Crippen molar-refractivity contribution in [3.63, 3.8) is 0 Å². The van der Waals surface area contributed by atoms with Gasteiger partial charge in [0.1, 0.15) is 0 Å². The predicted molar refractivity (Wildman–Crippen MR) is 32.3 cm³/mol. The van der Waals surface area contributed by atoms with Crippen LogP contribution >= 0.6 is 0 Å². The molecule has 1 amide bonds. The van der Waals surface area contributed by atoms with Crippen molar-refractivity contribution in [1.82, 2.24) is 10.2 Å². The Morgan fingerprint density at radius 1 is 1.56 bits per heavy atom. The summed E-state index contributed by atoms with van der Waals surface area (Å²) in [6, 6.07) is 0. The molecule has 0 radical (unpaired) electrons. The number of hydrogen-bond donors (Lipinski definition) is 1. The van der Waals surface area contributed by atoms with Gasteiger partial charge in [0.15, 0.2) is 0 Å². The monoisotopic (exact) mass is 299 g/mol. The molecule has 0 saturated carbocycles. The van der Waals surface area contributed by atoms with Crippen LogP contribution in [0.1, 0.15) is 0 Å². The van der Waals surface area contributed by atoms with E-state index in [2.05, 4.69) is 5.32 Å². The molecule has 3 nitrogen and oxygen atoms in total. The van der Waals surface area contributed by atoms with Crippen molar-refractivity contribution in [2.45, 2.75) is 0 Å². The first kappa shape index (κ1) is 11.9. The van der Waals surface area contributed by atoms with Crippen molar-refractivity contribution in [2.24, 2.45) is 0 Å². The Morgan fingerprint density at radius 2 is 2.11 bits per heavy atom. The van der Waals surface area contributed by atoms with Crippen LogP contribution in [-0.2, 0) is 25.9 Å². The topological polar surface area (TPSA) is 32.3 Å². The molecule has 0 aliphatic heterocycles. The van der Waals surface area contributed by atoms with Gasteiger partial charge in [0.25, 0.3) is 0 Å². The third-order valence-corrected chi connectivity index (χ3v) is 0.756. The number of nitrogens with zero attached hydrogens (tertiary/aromatic N) is 1. The largest absolute Gasteiger partial charge is 0.529 e. The van der Waals surface area contributed by atoms with Gasteiger partial charge in [-0.3, -0.25) is 0 Å². The van der Waals surface area contributed by atoms with Crippen molar-refractivity contribution in [1.29, 1.82) is 0 Å². The summed E-state index contributed by atoms with van der Waals surface area (Å²) < 4.78 is 0. The minimum absolute atomic E-state index is 0. The summed E-state index contributed by atoms with van der Waals surface area (Å²) in [6.45, 7) is 1.55. The second-order valence-electron chi connectivity index (χ2n) is 1.83. The molecule has 0 heterocycles. The summed E-state index contributed by atoms with van der Waals surface area (Å²) in [7, 11) is 3.90. The Kier molecular flexibility index (Phi) is 10.7. The molecule has 0 fully saturated rings. The zero-order chi connectivity index (χ0) is 6.41. The number of nitrogens with one attached hydrogen (secondary N) is 1. The number of hydrogen-bond acceptors (Lipinski definition) is 2. The molecule has 0 saturated heterocycles. The normalized spacial score (nSPS) is 8.33. The first-order valence-corrected chi connectivity index (χ1v) is 2.52. The van der Waals surface area contributed by atoms with E-state index in [9.17, 15) is 4.79 Å². The van der Waals surface area contributed by atoms with Crippen LogP contribution < -0.4 is 5.32 Å². The summed E-state index contributed by atoms with van der Waals surface area (Å²) in [5.41, 5.74) is 0. The fourth-order valence-corrected chi connectivity index (χ4v) is 0.331. The van der Waals surface area contributed by atoms with Crippen LogP contribution in [0.15, 0.2) is 0 Å². The number of rotatable bonds is 4. The minimum atomic E-state index is 0. The third-order valence-electron chi connectivity index (χ3n) is 0.756. The Bertz CT molecular complexity index is 68.0. The number of carbonyl (C=O) groups excluding carboxylic acids is 1. The van der Waals surface area contributed by atoms with E-state index in [-0.39, 0.29) is 21.1 Å². The molecule has 0 unspecified atom stereocenters. The molecule has 0 aromatic heterocycles. The second kappa shape index (κ2) is 8.12. The van der Waals surface area contributed by atoms with Crippen LogP contribution in [0.25, 0.3) is 0 Å². The van der Waals surface area contributed by atoms with E-state index in [0.717, 1.165) is 6.54 Å². The van der Waals surface area contributed by atoms with Crippen molar-refractivity contribution >= 4 is 6.41 Å². The van der Waals surface area contributed by atoms with E-state index >= 15 is 0 Å².